The van der Waals surface area contributed by atoms with Crippen LogP contribution in [0.25, 0.3) is 0 Å². The zero-order valence-corrected chi connectivity index (χ0v) is 17.7. The van der Waals surface area contributed by atoms with Crippen molar-refractivity contribution in [3.05, 3.63) is 64.7 Å². The molecule has 31 heavy (non-hydrogen) atoms. The molecule has 2 aromatic rings. The summed E-state index contributed by atoms with van der Waals surface area (Å²) in [7, 11) is 0. The molecule has 2 saturated heterocycles. The van der Waals surface area contributed by atoms with Gasteiger partial charge in [0, 0.05) is 56.5 Å². The van der Waals surface area contributed by atoms with E-state index in [1.165, 1.54) is 29.2 Å². The molecule has 0 aliphatic carbocycles. The summed E-state index contributed by atoms with van der Waals surface area (Å²) in [6, 6.07) is 10.2. The second-order valence-corrected chi connectivity index (χ2v) is 8.11. The second kappa shape index (κ2) is 9.09. The van der Waals surface area contributed by atoms with Crippen molar-refractivity contribution in [3.8, 4) is 0 Å². The first-order valence-corrected chi connectivity index (χ1v) is 10.5. The molecule has 164 valence electrons. The van der Waals surface area contributed by atoms with Crippen molar-refractivity contribution < 1.29 is 18.4 Å². The van der Waals surface area contributed by atoms with Gasteiger partial charge in [-0.1, -0.05) is 17.7 Å². The topological polar surface area (TPSA) is 47.1 Å². The number of piperazine rings is 1. The van der Waals surface area contributed by atoms with Gasteiger partial charge in [-0.05, 0) is 42.0 Å². The van der Waals surface area contributed by atoms with Gasteiger partial charge >= 0.3 is 6.03 Å². The van der Waals surface area contributed by atoms with Crippen LogP contribution in [0.3, 0.4) is 0 Å². The fourth-order valence-corrected chi connectivity index (χ4v) is 4.14. The van der Waals surface area contributed by atoms with Crippen molar-refractivity contribution >= 4 is 29.2 Å². The SMILES string of the molecule is O=C(CN1CCN(Cc2ccc(F)cc2Cl)C1=O)N1CCN(c2ccc(F)cc2)CC1. The highest BCUT2D eigenvalue weighted by Crippen LogP contribution is 2.22. The number of hydrogen-bond acceptors (Lipinski definition) is 3. The fourth-order valence-electron chi connectivity index (χ4n) is 3.91. The third kappa shape index (κ3) is 4.90. The van der Waals surface area contributed by atoms with Gasteiger partial charge in [-0.25, -0.2) is 13.6 Å². The smallest absolute Gasteiger partial charge is 0.320 e. The van der Waals surface area contributed by atoms with Gasteiger partial charge in [0.1, 0.15) is 18.2 Å². The number of halogens is 3. The van der Waals surface area contributed by atoms with Gasteiger partial charge in [0.25, 0.3) is 0 Å². The van der Waals surface area contributed by atoms with Crippen molar-refractivity contribution in [2.75, 3.05) is 50.7 Å². The van der Waals surface area contributed by atoms with Crippen LogP contribution in [-0.2, 0) is 11.3 Å². The van der Waals surface area contributed by atoms with Gasteiger partial charge in [0.05, 0.1) is 0 Å². The third-order valence-electron chi connectivity index (χ3n) is 5.71. The predicted octanol–water partition coefficient (Wildman–Crippen LogP) is 3.20. The van der Waals surface area contributed by atoms with E-state index in [1.54, 1.807) is 28.0 Å². The van der Waals surface area contributed by atoms with E-state index in [0.29, 0.717) is 44.8 Å². The lowest BCUT2D eigenvalue weighted by atomic mass is 10.2. The Hall–Kier alpha value is -2.87. The maximum Gasteiger partial charge on any atom is 0.320 e. The molecule has 0 spiro atoms. The molecule has 0 saturated carbocycles. The minimum absolute atomic E-state index is 0.0308. The number of rotatable bonds is 5. The summed E-state index contributed by atoms with van der Waals surface area (Å²) in [6.45, 7) is 3.65. The number of amides is 3. The van der Waals surface area contributed by atoms with Crippen LogP contribution < -0.4 is 4.90 Å². The number of hydrogen-bond donors (Lipinski definition) is 0. The summed E-state index contributed by atoms with van der Waals surface area (Å²) in [6.07, 6.45) is 0. The zero-order valence-electron chi connectivity index (χ0n) is 16.9. The zero-order chi connectivity index (χ0) is 22.0. The summed E-state index contributed by atoms with van der Waals surface area (Å²) in [5.41, 5.74) is 1.60. The highest BCUT2D eigenvalue weighted by atomic mass is 35.5. The average Bonchev–Trinajstić information content (AvgIpc) is 3.10. The van der Waals surface area contributed by atoms with E-state index in [1.807, 2.05) is 0 Å². The standard InChI is InChI=1S/C22H23ClF2N4O2/c23-20-13-18(25)2-1-16(20)14-28-11-12-29(22(28)31)15-21(30)27-9-7-26(8-10-27)19-5-3-17(24)4-6-19/h1-6,13H,7-12,14-15H2. The molecule has 2 heterocycles. The first-order chi connectivity index (χ1) is 14.9. The molecule has 0 N–H and O–H groups in total. The van der Waals surface area contributed by atoms with Crippen molar-refractivity contribution in [3.63, 3.8) is 0 Å². The first kappa shape index (κ1) is 21.4. The van der Waals surface area contributed by atoms with E-state index in [2.05, 4.69) is 4.90 Å². The summed E-state index contributed by atoms with van der Waals surface area (Å²) in [5, 5.41) is 0.279. The number of urea groups is 1. The number of carbonyl (C=O) groups excluding carboxylic acids is 2. The largest absolute Gasteiger partial charge is 0.368 e. The van der Waals surface area contributed by atoms with Crippen molar-refractivity contribution in [2.45, 2.75) is 6.54 Å². The van der Waals surface area contributed by atoms with E-state index in [4.69, 9.17) is 11.6 Å². The molecule has 0 bridgehead atoms. The van der Waals surface area contributed by atoms with E-state index in [0.717, 1.165) is 5.69 Å². The molecular weight excluding hydrogens is 426 g/mol. The fraction of sp³-hybridized carbons (Fsp3) is 0.364. The second-order valence-electron chi connectivity index (χ2n) is 7.71. The van der Waals surface area contributed by atoms with Gasteiger partial charge in [0.15, 0.2) is 0 Å². The summed E-state index contributed by atoms with van der Waals surface area (Å²) in [4.78, 5) is 32.4. The minimum Gasteiger partial charge on any atom is -0.368 e. The number of carbonyl (C=O) groups is 2. The van der Waals surface area contributed by atoms with Gasteiger partial charge < -0.3 is 19.6 Å². The predicted molar refractivity (Wildman–Crippen MR) is 114 cm³/mol. The molecule has 0 atom stereocenters. The molecule has 6 nitrogen and oxygen atoms in total. The monoisotopic (exact) mass is 448 g/mol. The average molecular weight is 449 g/mol. The lowest BCUT2D eigenvalue weighted by molar-refractivity contribution is -0.131. The molecule has 0 radical (unpaired) electrons. The highest BCUT2D eigenvalue weighted by molar-refractivity contribution is 6.31. The van der Waals surface area contributed by atoms with Crippen LogP contribution in [0.2, 0.25) is 5.02 Å². The Morgan fingerprint density at radius 3 is 2.19 bits per heavy atom. The Morgan fingerprint density at radius 2 is 1.52 bits per heavy atom. The molecule has 3 amide bonds. The molecule has 4 rings (SSSR count). The molecule has 2 fully saturated rings. The highest BCUT2D eigenvalue weighted by Gasteiger charge is 2.32. The van der Waals surface area contributed by atoms with Gasteiger partial charge in [-0.15, -0.1) is 0 Å². The normalized spacial score (nSPS) is 16.9. The molecular formula is C22H23ClF2N4O2. The van der Waals surface area contributed by atoms with Crippen LogP contribution in [0.5, 0.6) is 0 Å². The van der Waals surface area contributed by atoms with Crippen LogP contribution in [0.1, 0.15) is 5.56 Å². The van der Waals surface area contributed by atoms with E-state index >= 15 is 0 Å². The summed E-state index contributed by atoms with van der Waals surface area (Å²) >= 11 is 6.07. The third-order valence-corrected chi connectivity index (χ3v) is 6.06. The maximum atomic E-state index is 13.2. The Balaban J connectivity index is 1.28. The Bertz CT molecular complexity index is 964. The number of anilines is 1. The van der Waals surface area contributed by atoms with E-state index in [9.17, 15) is 18.4 Å². The molecule has 2 aromatic carbocycles. The Labute approximate surface area is 184 Å². The minimum atomic E-state index is -0.423. The van der Waals surface area contributed by atoms with Gasteiger partial charge in [-0.2, -0.15) is 0 Å². The maximum absolute atomic E-state index is 13.2. The number of nitrogens with zero attached hydrogens (tertiary/aromatic N) is 4. The van der Waals surface area contributed by atoms with Crippen LogP contribution >= 0.6 is 11.6 Å². The van der Waals surface area contributed by atoms with Crippen molar-refractivity contribution in [2.24, 2.45) is 0 Å². The number of benzene rings is 2. The van der Waals surface area contributed by atoms with Crippen LogP contribution in [0, 0.1) is 11.6 Å². The lowest BCUT2D eigenvalue weighted by Crippen LogP contribution is -2.51. The molecule has 0 aromatic heterocycles. The van der Waals surface area contributed by atoms with Crippen LogP contribution in [0.4, 0.5) is 19.3 Å². The molecule has 2 aliphatic rings. The Morgan fingerprint density at radius 1 is 0.871 bits per heavy atom. The summed E-state index contributed by atoms with van der Waals surface area (Å²) < 4.78 is 26.3. The van der Waals surface area contributed by atoms with E-state index < -0.39 is 5.82 Å². The molecule has 2 aliphatic heterocycles. The van der Waals surface area contributed by atoms with Crippen molar-refractivity contribution in [1.29, 1.82) is 0 Å². The van der Waals surface area contributed by atoms with E-state index in [-0.39, 0.29) is 35.9 Å². The lowest BCUT2D eigenvalue weighted by Gasteiger charge is -2.36. The summed E-state index contributed by atoms with van der Waals surface area (Å²) in [5.74, 6) is -0.786. The van der Waals surface area contributed by atoms with Gasteiger partial charge in [-0.3, -0.25) is 4.79 Å². The first-order valence-electron chi connectivity index (χ1n) is 10.2. The quantitative estimate of drug-likeness (QED) is 0.705. The molecule has 9 heteroatoms. The van der Waals surface area contributed by atoms with Crippen LogP contribution in [-0.4, -0.2) is 72.5 Å². The van der Waals surface area contributed by atoms with Crippen LogP contribution in [0.15, 0.2) is 42.5 Å². The van der Waals surface area contributed by atoms with Gasteiger partial charge in [0.2, 0.25) is 5.91 Å². The molecule has 0 unspecified atom stereocenters. The Kier molecular flexibility index (Phi) is 6.27. The van der Waals surface area contributed by atoms with Crippen molar-refractivity contribution in [1.82, 2.24) is 14.7 Å².